The van der Waals surface area contributed by atoms with Gasteiger partial charge in [0.25, 0.3) is 0 Å². The maximum absolute atomic E-state index is 12.6. The van der Waals surface area contributed by atoms with Gasteiger partial charge in [0, 0.05) is 29.3 Å². The average Bonchev–Trinajstić information content (AvgIpc) is 3.29. The van der Waals surface area contributed by atoms with Crippen LogP contribution >= 0.6 is 0 Å². The Labute approximate surface area is 157 Å². The van der Waals surface area contributed by atoms with Crippen LogP contribution in [0, 0.1) is 13.8 Å². The first-order valence-electron chi connectivity index (χ1n) is 8.68. The van der Waals surface area contributed by atoms with Gasteiger partial charge in [0.1, 0.15) is 5.69 Å². The lowest BCUT2D eigenvalue weighted by Crippen LogP contribution is -2.07. The fourth-order valence-electron chi connectivity index (χ4n) is 2.95. The first-order chi connectivity index (χ1) is 13.0. The van der Waals surface area contributed by atoms with Gasteiger partial charge in [-0.2, -0.15) is 0 Å². The highest BCUT2D eigenvalue weighted by atomic mass is 16.5. The number of esters is 1. The van der Waals surface area contributed by atoms with Gasteiger partial charge < -0.3 is 14.3 Å². The molecular formula is C21H21N3O3. The number of hydrogen-bond acceptors (Lipinski definition) is 4. The van der Waals surface area contributed by atoms with E-state index in [1.807, 2.05) is 35.0 Å². The van der Waals surface area contributed by atoms with Crippen LogP contribution < -0.4 is 0 Å². The minimum absolute atomic E-state index is 0.157. The smallest absolute Gasteiger partial charge is 0.355 e. The summed E-state index contributed by atoms with van der Waals surface area (Å²) in [4.78, 5) is 31.6. The Morgan fingerprint density at radius 3 is 2.59 bits per heavy atom. The summed E-state index contributed by atoms with van der Waals surface area (Å²) in [7, 11) is 0. The fourth-order valence-corrected chi connectivity index (χ4v) is 2.95. The van der Waals surface area contributed by atoms with E-state index in [2.05, 4.69) is 9.97 Å². The second-order valence-electron chi connectivity index (χ2n) is 6.10. The summed E-state index contributed by atoms with van der Waals surface area (Å²) in [5.74, 6) is -0.605. The number of H-pyrrole nitrogens is 1. The molecule has 3 aromatic rings. The molecule has 27 heavy (non-hydrogen) atoms. The third-order valence-electron chi connectivity index (χ3n) is 4.29. The number of aryl methyl sites for hydroxylation is 1. The molecule has 0 saturated heterocycles. The summed E-state index contributed by atoms with van der Waals surface area (Å²) in [6, 6.07) is 7.77. The molecule has 6 nitrogen and oxygen atoms in total. The van der Waals surface area contributed by atoms with Crippen LogP contribution in [0.5, 0.6) is 0 Å². The zero-order valence-electron chi connectivity index (χ0n) is 15.5. The van der Waals surface area contributed by atoms with Gasteiger partial charge in [-0.3, -0.25) is 4.79 Å². The molecule has 0 spiro atoms. The number of nitrogens with one attached hydrogen (secondary N) is 1. The van der Waals surface area contributed by atoms with Crippen LogP contribution in [0.25, 0.3) is 11.8 Å². The summed E-state index contributed by atoms with van der Waals surface area (Å²) < 4.78 is 6.93. The Hall–Kier alpha value is -3.41. The monoisotopic (exact) mass is 363 g/mol. The predicted molar refractivity (Wildman–Crippen MR) is 103 cm³/mol. The predicted octanol–water partition coefficient (Wildman–Crippen LogP) is 3.89. The average molecular weight is 363 g/mol. The van der Waals surface area contributed by atoms with Crippen molar-refractivity contribution in [2.45, 2.75) is 20.8 Å². The van der Waals surface area contributed by atoms with Crippen molar-refractivity contribution >= 4 is 17.8 Å². The van der Waals surface area contributed by atoms with Gasteiger partial charge in [0.15, 0.2) is 5.78 Å². The number of carbonyl (C=O) groups excluding carboxylic acids is 2. The van der Waals surface area contributed by atoms with Crippen LogP contribution in [0.2, 0.25) is 0 Å². The van der Waals surface area contributed by atoms with E-state index < -0.39 is 5.97 Å². The van der Waals surface area contributed by atoms with Gasteiger partial charge in [0.05, 0.1) is 12.9 Å². The standard InChI is InChI=1S/C21H21N3O3/c1-4-27-21(26)20-14(2)19(15(3)23-20)18(25)10-7-16-5-8-17(9-6-16)24-12-11-22-13-24/h5-13,23H,4H2,1-3H3. The van der Waals surface area contributed by atoms with Gasteiger partial charge in [0.2, 0.25) is 0 Å². The van der Waals surface area contributed by atoms with E-state index in [0.717, 1.165) is 11.3 Å². The van der Waals surface area contributed by atoms with E-state index in [1.54, 1.807) is 39.4 Å². The van der Waals surface area contributed by atoms with Crippen molar-refractivity contribution in [3.05, 3.63) is 77.1 Å². The molecule has 0 aliphatic rings. The second-order valence-corrected chi connectivity index (χ2v) is 6.10. The highest BCUT2D eigenvalue weighted by Gasteiger charge is 2.21. The molecule has 0 atom stereocenters. The number of ketones is 1. The second kappa shape index (κ2) is 7.86. The number of benzene rings is 1. The lowest BCUT2D eigenvalue weighted by atomic mass is 10.0. The van der Waals surface area contributed by atoms with E-state index in [-0.39, 0.29) is 12.4 Å². The minimum atomic E-state index is -0.448. The molecule has 138 valence electrons. The first kappa shape index (κ1) is 18.4. The van der Waals surface area contributed by atoms with Crippen LogP contribution in [0.15, 0.2) is 49.1 Å². The third kappa shape index (κ3) is 3.89. The zero-order chi connectivity index (χ0) is 19.4. The number of allylic oxidation sites excluding steroid dienone is 1. The Bertz CT molecular complexity index is 981. The molecule has 1 aromatic carbocycles. The van der Waals surface area contributed by atoms with E-state index in [0.29, 0.717) is 22.5 Å². The van der Waals surface area contributed by atoms with Crippen LogP contribution in [0.3, 0.4) is 0 Å². The molecule has 0 amide bonds. The number of imidazole rings is 1. The summed E-state index contributed by atoms with van der Waals surface area (Å²) in [6.45, 7) is 5.55. The summed E-state index contributed by atoms with van der Waals surface area (Å²) in [5, 5.41) is 0. The van der Waals surface area contributed by atoms with E-state index in [1.165, 1.54) is 6.08 Å². The normalized spacial score (nSPS) is 11.1. The molecule has 0 radical (unpaired) electrons. The zero-order valence-corrected chi connectivity index (χ0v) is 15.5. The molecule has 0 aliphatic carbocycles. The first-order valence-corrected chi connectivity index (χ1v) is 8.68. The van der Waals surface area contributed by atoms with Crippen molar-refractivity contribution in [1.82, 2.24) is 14.5 Å². The van der Waals surface area contributed by atoms with Crippen molar-refractivity contribution in [3.63, 3.8) is 0 Å². The van der Waals surface area contributed by atoms with Crippen molar-refractivity contribution in [3.8, 4) is 5.69 Å². The lowest BCUT2D eigenvalue weighted by molar-refractivity contribution is 0.0519. The lowest BCUT2D eigenvalue weighted by Gasteiger charge is -2.02. The Kier molecular flexibility index (Phi) is 5.35. The van der Waals surface area contributed by atoms with Crippen molar-refractivity contribution in [1.29, 1.82) is 0 Å². The van der Waals surface area contributed by atoms with Gasteiger partial charge in [-0.1, -0.05) is 18.2 Å². The van der Waals surface area contributed by atoms with Crippen LogP contribution in [-0.4, -0.2) is 32.9 Å². The summed E-state index contributed by atoms with van der Waals surface area (Å²) in [6.07, 6.45) is 8.60. The molecule has 2 aromatic heterocycles. The number of hydrogen-bond donors (Lipinski definition) is 1. The number of rotatable bonds is 6. The maximum atomic E-state index is 12.6. The molecule has 2 heterocycles. The summed E-state index contributed by atoms with van der Waals surface area (Å²) in [5.41, 5.74) is 3.99. The molecule has 0 fully saturated rings. The van der Waals surface area contributed by atoms with Gasteiger partial charge in [-0.25, -0.2) is 9.78 Å². The van der Waals surface area contributed by atoms with Crippen LogP contribution in [-0.2, 0) is 4.74 Å². The van der Waals surface area contributed by atoms with E-state index in [4.69, 9.17) is 4.74 Å². The molecule has 0 bridgehead atoms. The number of aromatic nitrogens is 3. The molecule has 0 unspecified atom stereocenters. The third-order valence-corrected chi connectivity index (χ3v) is 4.29. The Morgan fingerprint density at radius 2 is 1.96 bits per heavy atom. The van der Waals surface area contributed by atoms with Crippen molar-refractivity contribution in [2.24, 2.45) is 0 Å². The topological polar surface area (TPSA) is 77.0 Å². The number of aromatic amines is 1. The Morgan fingerprint density at radius 1 is 1.22 bits per heavy atom. The fraction of sp³-hybridized carbons (Fsp3) is 0.190. The van der Waals surface area contributed by atoms with Crippen LogP contribution in [0.4, 0.5) is 0 Å². The van der Waals surface area contributed by atoms with Crippen LogP contribution in [0.1, 0.15) is 44.6 Å². The largest absolute Gasteiger partial charge is 0.461 e. The van der Waals surface area contributed by atoms with Crippen molar-refractivity contribution in [2.75, 3.05) is 6.61 Å². The molecule has 0 aliphatic heterocycles. The number of ether oxygens (including phenoxy) is 1. The van der Waals surface area contributed by atoms with Gasteiger partial charge >= 0.3 is 5.97 Å². The molecule has 1 N–H and O–H groups in total. The molecule has 6 heteroatoms. The number of carbonyl (C=O) groups is 2. The van der Waals surface area contributed by atoms with Gasteiger partial charge in [-0.15, -0.1) is 0 Å². The number of nitrogens with zero attached hydrogens (tertiary/aromatic N) is 2. The SMILES string of the molecule is CCOC(=O)c1[nH]c(C)c(C(=O)C=Cc2ccc(-n3ccnc3)cc2)c1C. The molecular weight excluding hydrogens is 342 g/mol. The highest BCUT2D eigenvalue weighted by Crippen LogP contribution is 2.20. The highest BCUT2D eigenvalue weighted by molar-refractivity contribution is 6.10. The van der Waals surface area contributed by atoms with Gasteiger partial charge in [-0.05, 0) is 50.1 Å². The summed E-state index contributed by atoms with van der Waals surface area (Å²) >= 11 is 0. The molecule has 3 rings (SSSR count). The van der Waals surface area contributed by atoms with Crippen molar-refractivity contribution < 1.29 is 14.3 Å². The Balaban J connectivity index is 1.78. The maximum Gasteiger partial charge on any atom is 0.355 e. The minimum Gasteiger partial charge on any atom is -0.461 e. The quantitative estimate of drug-likeness (QED) is 0.409. The molecule has 0 saturated carbocycles. The van der Waals surface area contributed by atoms with E-state index >= 15 is 0 Å². The van der Waals surface area contributed by atoms with E-state index in [9.17, 15) is 9.59 Å².